The van der Waals surface area contributed by atoms with Gasteiger partial charge in [0.1, 0.15) is 0 Å². The smallest absolute Gasteiger partial charge is 0.250 e. The summed E-state index contributed by atoms with van der Waals surface area (Å²) >= 11 is 0. The number of nitroso groups, excluding NO2 is 1. The molecule has 1 fully saturated rings. The first-order valence-electron chi connectivity index (χ1n) is 8.22. The normalized spacial score (nSPS) is 15.0. The van der Waals surface area contributed by atoms with Crippen LogP contribution in [0, 0.1) is 10.8 Å². The lowest BCUT2D eigenvalue weighted by molar-refractivity contribution is 0.203. The summed E-state index contributed by atoms with van der Waals surface area (Å²) in [5, 5.41) is 6.09. The van der Waals surface area contributed by atoms with E-state index < -0.39 is 0 Å². The highest BCUT2D eigenvalue weighted by molar-refractivity contribution is 5.72. The van der Waals surface area contributed by atoms with Crippen molar-refractivity contribution in [2.24, 2.45) is 11.1 Å². The zero-order valence-electron chi connectivity index (χ0n) is 13.4. The predicted octanol–water partition coefficient (Wildman–Crippen LogP) is 4.16. The molecular formula is C17H21N5O2. The number of anilines is 3. The van der Waals surface area contributed by atoms with Crippen molar-refractivity contribution in [3.8, 4) is 5.88 Å². The third kappa shape index (κ3) is 3.98. The average molecular weight is 327 g/mol. The van der Waals surface area contributed by atoms with Crippen LogP contribution >= 0.6 is 0 Å². The molecule has 126 valence electrons. The van der Waals surface area contributed by atoms with E-state index in [1.807, 2.05) is 30.3 Å². The Hall–Kier alpha value is -2.70. The predicted molar refractivity (Wildman–Crippen MR) is 93.7 cm³/mol. The van der Waals surface area contributed by atoms with E-state index in [9.17, 15) is 4.91 Å². The molecule has 3 N–H and O–H groups in total. The van der Waals surface area contributed by atoms with Crippen molar-refractivity contribution in [1.29, 1.82) is 0 Å². The highest BCUT2D eigenvalue weighted by Gasteiger charge is 2.19. The third-order valence-electron chi connectivity index (χ3n) is 4.18. The maximum absolute atomic E-state index is 11.3. The van der Waals surface area contributed by atoms with Crippen molar-refractivity contribution in [3.63, 3.8) is 0 Å². The molecule has 1 aliphatic rings. The van der Waals surface area contributed by atoms with E-state index in [4.69, 9.17) is 10.5 Å². The van der Waals surface area contributed by atoms with E-state index in [0.717, 1.165) is 18.5 Å². The number of nitrogens with one attached hydrogen (secondary N) is 1. The molecule has 0 radical (unpaired) electrons. The van der Waals surface area contributed by atoms with E-state index in [2.05, 4.69) is 20.5 Å². The van der Waals surface area contributed by atoms with Crippen molar-refractivity contribution < 1.29 is 4.74 Å². The van der Waals surface area contributed by atoms with Crippen LogP contribution in [0.15, 0.2) is 35.5 Å². The van der Waals surface area contributed by atoms with Gasteiger partial charge in [0.05, 0.1) is 6.61 Å². The molecule has 1 heterocycles. The van der Waals surface area contributed by atoms with Gasteiger partial charge in [-0.2, -0.15) is 9.97 Å². The van der Waals surface area contributed by atoms with Crippen LogP contribution in [0.3, 0.4) is 0 Å². The summed E-state index contributed by atoms with van der Waals surface area (Å²) in [6.07, 6.45) is 6.00. The van der Waals surface area contributed by atoms with Gasteiger partial charge in [0.15, 0.2) is 5.82 Å². The average Bonchev–Trinajstić information content (AvgIpc) is 2.61. The number of nitrogens with zero attached hydrogens (tertiary/aromatic N) is 3. The third-order valence-corrected chi connectivity index (χ3v) is 4.18. The van der Waals surface area contributed by atoms with Crippen molar-refractivity contribution in [2.45, 2.75) is 32.1 Å². The standard InChI is InChI=1S/C17H21N5O2/c18-17-20-15(19-13-9-5-2-6-10-13)14(22-23)16(21-17)24-11-12-7-3-1-4-8-12/h2,5-6,9-10,12H,1,3-4,7-8,11H2,(H3,18,19,20,21). The minimum absolute atomic E-state index is 0.0412. The summed E-state index contributed by atoms with van der Waals surface area (Å²) in [4.78, 5) is 19.4. The monoisotopic (exact) mass is 327 g/mol. The second-order valence-corrected chi connectivity index (χ2v) is 5.98. The Morgan fingerprint density at radius 1 is 1.17 bits per heavy atom. The van der Waals surface area contributed by atoms with E-state index in [0.29, 0.717) is 12.5 Å². The topological polar surface area (TPSA) is 102 Å². The molecule has 0 aliphatic heterocycles. The van der Waals surface area contributed by atoms with E-state index in [1.165, 1.54) is 19.3 Å². The zero-order chi connectivity index (χ0) is 16.8. The number of nitrogens with two attached hydrogens (primary N) is 1. The number of para-hydroxylation sites is 1. The van der Waals surface area contributed by atoms with E-state index in [1.54, 1.807) is 0 Å². The minimum Gasteiger partial charge on any atom is -0.476 e. The second-order valence-electron chi connectivity index (χ2n) is 5.98. The fraction of sp³-hybridized carbons (Fsp3) is 0.412. The Labute approximate surface area is 140 Å². The van der Waals surface area contributed by atoms with Gasteiger partial charge in [-0.05, 0) is 36.1 Å². The molecule has 0 saturated heterocycles. The van der Waals surface area contributed by atoms with Gasteiger partial charge in [-0.3, -0.25) is 0 Å². The molecule has 1 aromatic heterocycles. The molecule has 1 aromatic carbocycles. The summed E-state index contributed by atoms with van der Waals surface area (Å²) < 4.78 is 5.76. The number of hydrogen-bond acceptors (Lipinski definition) is 7. The summed E-state index contributed by atoms with van der Waals surface area (Å²) in [6.45, 7) is 0.518. The highest BCUT2D eigenvalue weighted by Crippen LogP contribution is 2.35. The largest absolute Gasteiger partial charge is 0.476 e. The number of aromatic nitrogens is 2. The molecule has 24 heavy (non-hydrogen) atoms. The van der Waals surface area contributed by atoms with Gasteiger partial charge in [0.25, 0.3) is 5.88 Å². The molecule has 0 bridgehead atoms. The minimum atomic E-state index is 0.0412. The van der Waals surface area contributed by atoms with Crippen LogP contribution in [0.5, 0.6) is 5.88 Å². The maximum atomic E-state index is 11.3. The Balaban J connectivity index is 1.79. The molecule has 0 spiro atoms. The molecule has 1 saturated carbocycles. The van der Waals surface area contributed by atoms with Crippen molar-refractivity contribution in [3.05, 3.63) is 35.2 Å². The van der Waals surface area contributed by atoms with E-state index in [-0.39, 0.29) is 23.3 Å². The van der Waals surface area contributed by atoms with Gasteiger partial charge in [-0.1, -0.05) is 37.5 Å². The Morgan fingerprint density at radius 2 is 1.92 bits per heavy atom. The molecule has 7 nitrogen and oxygen atoms in total. The summed E-state index contributed by atoms with van der Waals surface area (Å²) in [5.41, 5.74) is 6.58. The quantitative estimate of drug-likeness (QED) is 0.772. The van der Waals surface area contributed by atoms with Crippen LogP contribution < -0.4 is 15.8 Å². The van der Waals surface area contributed by atoms with Gasteiger partial charge in [-0.25, -0.2) is 0 Å². The molecule has 7 heteroatoms. The summed E-state index contributed by atoms with van der Waals surface area (Å²) in [5.74, 6) is 0.920. The maximum Gasteiger partial charge on any atom is 0.250 e. The van der Waals surface area contributed by atoms with Gasteiger partial charge in [0, 0.05) is 5.69 Å². The number of ether oxygens (including phenoxy) is 1. The summed E-state index contributed by atoms with van der Waals surface area (Å²) in [6, 6.07) is 9.37. The molecule has 0 unspecified atom stereocenters. The highest BCUT2D eigenvalue weighted by atomic mass is 16.5. The Bertz CT molecular complexity index is 687. The van der Waals surface area contributed by atoms with Crippen LogP contribution in [0.2, 0.25) is 0 Å². The zero-order valence-corrected chi connectivity index (χ0v) is 13.4. The molecule has 0 amide bonds. The first-order valence-corrected chi connectivity index (χ1v) is 8.22. The Kier molecular flexibility index (Phi) is 5.20. The lowest BCUT2D eigenvalue weighted by Gasteiger charge is -2.21. The lowest BCUT2D eigenvalue weighted by Crippen LogP contribution is -2.16. The lowest BCUT2D eigenvalue weighted by atomic mass is 9.90. The number of hydrogen-bond donors (Lipinski definition) is 2. The molecule has 3 rings (SSSR count). The van der Waals surface area contributed by atoms with Gasteiger partial charge in [0.2, 0.25) is 11.6 Å². The van der Waals surface area contributed by atoms with Crippen molar-refractivity contribution >= 4 is 23.1 Å². The van der Waals surface area contributed by atoms with Crippen LogP contribution in [-0.2, 0) is 0 Å². The van der Waals surface area contributed by atoms with Crippen LogP contribution in [-0.4, -0.2) is 16.6 Å². The molecular weight excluding hydrogens is 306 g/mol. The number of rotatable bonds is 6. The number of benzene rings is 1. The first-order chi connectivity index (χ1) is 11.8. The fourth-order valence-electron chi connectivity index (χ4n) is 2.93. The molecule has 0 atom stereocenters. The van der Waals surface area contributed by atoms with Gasteiger partial charge < -0.3 is 15.8 Å². The second kappa shape index (κ2) is 7.72. The van der Waals surface area contributed by atoms with Crippen molar-refractivity contribution in [2.75, 3.05) is 17.7 Å². The molecule has 1 aliphatic carbocycles. The Morgan fingerprint density at radius 3 is 2.62 bits per heavy atom. The SMILES string of the molecule is Nc1nc(Nc2ccccc2)c(N=O)c(OCC2CCCCC2)n1. The fourth-order valence-corrected chi connectivity index (χ4v) is 2.93. The summed E-state index contributed by atoms with van der Waals surface area (Å²) in [7, 11) is 0. The first kappa shape index (κ1) is 16.2. The van der Waals surface area contributed by atoms with E-state index >= 15 is 0 Å². The van der Waals surface area contributed by atoms with Crippen molar-refractivity contribution in [1.82, 2.24) is 9.97 Å². The van der Waals surface area contributed by atoms with Crippen LogP contribution in [0.1, 0.15) is 32.1 Å². The molecule has 2 aromatic rings. The van der Waals surface area contributed by atoms with Gasteiger partial charge in [-0.15, -0.1) is 4.91 Å². The van der Waals surface area contributed by atoms with Crippen LogP contribution in [0.25, 0.3) is 0 Å². The van der Waals surface area contributed by atoms with Crippen LogP contribution in [0.4, 0.5) is 23.1 Å². The van der Waals surface area contributed by atoms with Gasteiger partial charge >= 0.3 is 0 Å². The number of nitrogen functional groups attached to an aromatic ring is 1.